The molecule has 0 radical (unpaired) electrons. The van der Waals surface area contributed by atoms with Crippen LogP contribution in [0.15, 0.2) is 79.0 Å². The highest BCUT2D eigenvalue weighted by Crippen LogP contribution is 2.34. The molecule has 1 amide bonds. The summed E-state index contributed by atoms with van der Waals surface area (Å²) < 4.78 is 44.1. The van der Waals surface area contributed by atoms with Crippen LogP contribution in [0.4, 0.5) is 19.0 Å². The molecule has 1 heterocycles. The number of nitrogens with two attached hydrogens (primary N) is 1. The minimum absolute atomic E-state index is 0.276. The van der Waals surface area contributed by atoms with Crippen LogP contribution in [0.3, 0.4) is 0 Å². The van der Waals surface area contributed by atoms with Crippen molar-refractivity contribution in [3.8, 4) is 11.5 Å². The molecule has 3 aromatic carbocycles. The van der Waals surface area contributed by atoms with Gasteiger partial charge in [-0.25, -0.2) is 4.98 Å². The Balaban J connectivity index is 1.54. The van der Waals surface area contributed by atoms with Crippen molar-refractivity contribution < 1.29 is 22.7 Å². The molecule has 4 aromatic rings. The van der Waals surface area contributed by atoms with Gasteiger partial charge >= 0.3 is 6.18 Å². The number of nitrogen functional groups attached to an aromatic ring is 1. The van der Waals surface area contributed by atoms with Gasteiger partial charge < -0.3 is 15.8 Å². The standard InChI is InChI=1S/C25H20F3N3O2/c1-15(20-5-3-13-30-23(20)29)31-24(32)17-7-12-21-16(14-17)4-2-6-22(21)33-19-10-8-18(9-11-19)25(26,27)28/h2-15H,1H3,(H2,29,30)(H,31,32)/t15-/m1/s1. The molecule has 0 unspecified atom stereocenters. The number of aromatic nitrogens is 1. The summed E-state index contributed by atoms with van der Waals surface area (Å²) in [6.45, 7) is 1.82. The first-order valence-electron chi connectivity index (χ1n) is 10.1. The summed E-state index contributed by atoms with van der Waals surface area (Å²) in [5.41, 5.74) is 6.31. The average Bonchev–Trinajstić information content (AvgIpc) is 2.79. The van der Waals surface area contributed by atoms with Crippen LogP contribution in [0.2, 0.25) is 0 Å². The van der Waals surface area contributed by atoms with Gasteiger partial charge in [-0.05, 0) is 66.9 Å². The van der Waals surface area contributed by atoms with Gasteiger partial charge in [-0.15, -0.1) is 0 Å². The van der Waals surface area contributed by atoms with Crippen LogP contribution < -0.4 is 15.8 Å². The summed E-state index contributed by atoms with van der Waals surface area (Å²) in [5.74, 6) is 0.825. The number of benzene rings is 3. The molecule has 168 valence electrons. The quantitative estimate of drug-likeness (QED) is 0.383. The molecule has 0 saturated carbocycles. The molecule has 0 spiro atoms. The average molecular weight is 451 g/mol. The number of ether oxygens (including phenoxy) is 1. The predicted molar refractivity (Wildman–Crippen MR) is 120 cm³/mol. The Labute approximate surface area is 188 Å². The number of halogens is 3. The van der Waals surface area contributed by atoms with Gasteiger partial charge in [0.05, 0.1) is 11.6 Å². The number of rotatable bonds is 5. The Hall–Kier alpha value is -4.07. The molecule has 5 nitrogen and oxygen atoms in total. The number of hydrogen-bond donors (Lipinski definition) is 2. The highest BCUT2D eigenvalue weighted by atomic mass is 19.4. The molecule has 0 bridgehead atoms. The lowest BCUT2D eigenvalue weighted by molar-refractivity contribution is -0.137. The smallest absolute Gasteiger partial charge is 0.416 e. The summed E-state index contributed by atoms with van der Waals surface area (Å²) >= 11 is 0. The number of nitrogens with one attached hydrogen (secondary N) is 1. The topological polar surface area (TPSA) is 77.2 Å². The summed E-state index contributed by atoms with van der Waals surface area (Å²) in [4.78, 5) is 16.8. The molecular weight excluding hydrogens is 431 g/mol. The summed E-state index contributed by atoms with van der Waals surface area (Å²) in [5, 5.41) is 4.38. The third-order valence-corrected chi connectivity index (χ3v) is 5.20. The zero-order chi connectivity index (χ0) is 23.6. The molecule has 3 N–H and O–H groups in total. The Morgan fingerprint density at radius 2 is 1.79 bits per heavy atom. The van der Waals surface area contributed by atoms with E-state index in [2.05, 4.69) is 10.3 Å². The number of pyridine rings is 1. The number of fused-ring (bicyclic) bond motifs is 1. The zero-order valence-corrected chi connectivity index (χ0v) is 17.6. The second-order valence-corrected chi connectivity index (χ2v) is 7.49. The lowest BCUT2D eigenvalue weighted by atomic mass is 10.0. The number of carbonyl (C=O) groups excluding carboxylic acids is 1. The number of alkyl halides is 3. The van der Waals surface area contributed by atoms with Crippen molar-refractivity contribution in [1.29, 1.82) is 0 Å². The van der Waals surface area contributed by atoms with E-state index in [9.17, 15) is 18.0 Å². The third kappa shape index (κ3) is 4.90. The third-order valence-electron chi connectivity index (χ3n) is 5.20. The molecule has 0 aliphatic heterocycles. The van der Waals surface area contributed by atoms with Gasteiger partial charge in [-0.3, -0.25) is 4.79 Å². The van der Waals surface area contributed by atoms with E-state index in [1.807, 2.05) is 13.0 Å². The minimum atomic E-state index is -4.41. The summed E-state index contributed by atoms with van der Waals surface area (Å²) in [6.07, 6.45) is -2.82. The van der Waals surface area contributed by atoms with Crippen LogP contribution in [-0.4, -0.2) is 10.9 Å². The Morgan fingerprint density at radius 3 is 2.48 bits per heavy atom. The Bertz CT molecular complexity index is 1300. The van der Waals surface area contributed by atoms with E-state index in [1.54, 1.807) is 48.7 Å². The Morgan fingerprint density at radius 1 is 1.03 bits per heavy atom. The maximum absolute atomic E-state index is 12.8. The number of anilines is 1. The zero-order valence-electron chi connectivity index (χ0n) is 17.6. The second-order valence-electron chi connectivity index (χ2n) is 7.49. The van der Waals surface area contributed by atoms with Gasteiger partial charge in [0.15, 0.2) is 0 Å². The van der Waals surface area contributed by atoms with E-state index in [1.165, 1.54) is 12.1 Å². The lowest BCUT2D eigenvalue weighted by Crippen LogP contribution is -2.27. The van der Waals surface area contributed by atoms with E-state index < -0.39 is 11.7 Å². The van der Waals surface area contributed by atoms with Crippen molar-refractivity contribution in [3.05, 3.63) is 95.7 Å². The SMILES string of the molecule is C[C@@H](NC(=O)c1ccc2c(Oc3ccc(C(F)(F)F)cc3)cccc2c1)c1cccnc1N. The molecule has 4 rings (SSSR count). The lowest BCUT2D eigenvalue weighted by Gasteiger charge is -2.16. The molecular formula is C25H20F3N3O2. The second kappa shape index (κ2) is 8.82. The van der Waals surface area contributed by atoms with Crippen LogP contribution in [0.25, 0.3) is 10.8 Å². The number of hydrogen-bond acceptors (Lipinski definition) is 4. The number of nitrogens with zero attached hydrogens (tertiary/aromatic N) is 1. The molecule has 33 heavy (non-hydrogen) atoms. The van der Waals surface area contributed by atoms with Gasteiger partial charge in [-0.2, -0.15) is 13.2 Å². The van der Waals surface area contributed by atoms with E-state index in [0.29, 0.717) is 17.1 Å². The predicted octanol–water partition coefficient (Wildman–Crippen LogP) is 6.12. The molecule has 1 atom stereocenters. The molecule has 0 aliphatic rings. The van der Waals surface area contributed by atoms with Gasteiger partial charge in [0, 0.05) is 22.7 Å². The van der Waals surface area contributed by atoms with Crippen LogP contribution in [0.5, 0.6) is 11.5 Å². The van der Waals surface area contributed by atoms with Crippen LogP contribution in [0.1, 0.15) is 34.5 Å². The molecule has 0 fully saturated rings. The number of carbonyl (C=O) groups is 1. The monoisotopic (exact) mass is 451 g/mol. The molecule has 1 aromatic heterocycles. The van der Waals surface area contributed by atoms with Crippen molar-refractivity contribution in [3.63, 3.8) is 0 Å². The van der Waals surface area contributed by atoms with Crippen molar-refractivity contribution >= 4 is 22.5 Å². The summed E-state index contributed by atoms with van der Waals surface area (Å²) in [7, 11) is 0. The van der Waals surface area contributed by atoms with Gasteiger partial charge in [-0.1, -0.05) is 18.2 Å². The molecule has 8 heteroatoms. The van der Waals surface area contributed by atoms with E-state index >= 15 is 0 Å². The fourth-order valence-electron chi connectivity index (χ4n) is 3.48. The van der Waals surface area contributed by atoms with Gasteiger partial charge in [0.25, 0.3) is 5.91 Å². The normalized spacial score (nSPS) is 12.4. The van der Waals surface area contributed by atoms with Crippen LogP contribution >= 0.6 is 0 Å². The first-order chi connectivity index (χ1) is 15.7. The van der Waals surface area contributed by atoms with Crippen LogP contribution in [-0.2, 0) is 6.18 Å². The highest BCUT2D eigenvalue weighted by Gasteiger charge is 2.30. The largest absolute Gasteiger partial charge is 0.457 e. The van der Waals surface area contributed by atoms with Crippen molar-refractivity contribution in [2.75, 3.05) is 5.73 Å². The van der Waals surface area contributed by atoms with Gasteiger partial charge in [0.2, 0.25) is 0 Å². The first-order valence-corrected chi connectivity index (χ1v) is 10.1. The summed E-state index contributed by atoms with van der Waals surface area (Å²) in [6, 6.07) is 18.1. The molecule has 0 aliphatic carbocycles. The first kappa shape index (κ1) is 22.1. The van der Waals surface area contributed by atoms with Crippen molar-refractivity contribution in [2.45, 2.75) is 19.1 Å². The fraction of sp³-hybridized carbons (Fsp3) is 0.120. The van der Waals surface area contributed by atoms with E-state index in [0.717, 1.165) is 28.5 Å². The Kier molecular flexibility index (Phi) is 5.91. The highest BCUT2D eigenvalue weighted by molar-refractivity contribution is 6.00. The van der Waals surface area contributed by atoms with Crippen molar-refractivity contribution in [1.82, 2.24) is 10.3 Å². The maximum Gasteiger partial charge on any atom is 0.416 e. The van der Waals surface area contributed by atoms with E-state index in [-0.39, 0.29) is 17.7 Å². The number of amides is 1. The van der Waals surface area contributed by atoms with Crippen molar-refractivity contribution in [2.24, 2.45) is 0 Å². The minimum Gasteiger partial charge on any atom is -0.457 e. The maximum atomic E-state index is 12.8. The van der Waals surface area contributed by atoms with Gasteiger partial charge in [0.1, 0.15) is 17.3 Å². The molecule has 0 saturated heterocycles. The fourth-order valence-corrected chi connectivity index (χ4v) is 3.48. The van der Waals surface area contributed by atoms with Crippen LogP contribution in [0, 0.1) is 0 Å². The van der Waals surface area contributed by atoms with E-state index in [4.69, 9.17) is 10.5 Å².